The van der Waals surface area contributed by atoms with Crippen LogP contribution in [0.5, 0.6) is 0 Å². The number of rotatable bonds is 3. The molecule has 0 fully saturated rings. The van der Waals surface area contributed by atoms with Crippen molar-refractivity contribution in [1.82, 2.24) is 0 Å². The molecule has 0 aliphatic heterocycles. The van der Waals surface area contributed by atoms with Crippen LogP contribution in [0.3, 0.4) is 0 Å². The molecule has 2 aromatic rings. The van der Waals surface area contributed by atoms with Crippen molar-refractivity contribution in [2.24, 2.45) is 10.7 Å². The molecule has 0 saturated heterocycles. The third-order valence-corrected chi connectivity index (χ3v) is 3.10. The lowest BCUT2D eigenvalue weighted by Gasteiger charge is -2.13. The average molecular weight is 342 g/mol. The molecule has 0 saturated carbocycles. The molecule has 0 atom stereocenters. The normalized spacial score (nSPS) is 12.3. The molecular weight excluding hydrogens is 331 g/mol. The highest BCUT2D eigenvalue weighted by Gasteiger charge is 2.36. The Morgan fingerprint density at radius 3 is 2.25 bits per heavy atom. The summed E-state index contributed by atoms with van der Waals surface area (Å²) in [5.41, 5.74) is 3.11. The van der Waals surface area contributed by atoms with Gasteiger partial charge in [0.15, 0.2) is 11.6 Å². The van der Waals surface area contributed by atoms with Gasteiger partial charge in [0, 0.05) is 0 Å². The Balaban J connectivity index is 2.40. The third kappa shape index (κ3) is 3.95. The number of nitrogens with two attached hydrogens (primary N) is 1. The van der Waals surface area contributed by atoms with Gasteiger partial charge in [-0.15, -0.1) is 0 Å². The summed E-state index contributed by atoms with van der Waals surface area (Å²) in [4.78, 5) is 15.1. The van der Waals surface area contributed by atoms with Gasteiger partial charge in [0.1, 0.15) is 5.84 Å². The van der Waals surface area contributed by atoms with Gasteiger partial charge in [-0.05, 0) is 17.7 Å². The topological polar surface area (TPSA) is 55.4 Å². The third-order valence-electron chi connectivity index (χ3n) is 3.10. The molecule has 8 heteroatoms. The molecular formula is C16H11F5N2O. The van der Waals surface area contributed by atoms with E-state index in [4.69, 9.17) is 5.73 Å². The van der Waals surface area contributed by atoms with E-state index in [1.54, 1.807) is 30.3 Å². The lowest BCUT2D eigenvalue weighted by Crippen LogP contribution is -2.24. The van der Waals surface area contributed by atoms with Crippen molar-refractivity contribution in [2.45, 2.75) is 12.6 Å². The molecule has 0 bridgehead atoms. The molecule has 0 unspecified atom stereocenters. The van der Waals surface area contributed by atoms with Crippen molar-refractivity contribution in [2.75, 3.05) is 0 Å². The van der Waals surface area contributed by atoms with E-state index in [2.05, 4.69) is 4.99 Å². The summed E-state index contributed by atoms with van der Waals surface area (Å²) in [6.45, 7) is 0. The maximum absolute atomic E-state index is 13.8. The summed E-state index contributed by atoms with van der Waals surface area (Å²) in [6.07, 6.45) is -5.22. The molecule has 2 rings (SSSR count). The Labute approximate surface area is 133 Å². The fraction of sp³-hybridized carbons (Fsp3) is 0.125. The lowest BCUT2D eigenvalue weighted by atomic mass is 10.0. The molecule has 24 heavy (non-hydrogen) atoms. The summed E-state index contributed by atoms with van der Waals surface area (Å²) in [7, 11) is 0. The van der Waals surface area contributed by atoms with Gasteiger partial charge in [0.2, 0.25) is 0 Å². The molecule has 0 heterocycles. The highest BCUT2D eigenvalue weighted by molar-refractivity contribution is 6.05. The van der Waals surface area contributed by atoms with Crippen LogP contribution in [0.2, 0.25) is 0 Å². The van der Waals surface area contributed by atoms with Crippen LogP contribution in [0, 0.1) is 11.6 Å². The van der Waals surface area contributed by atoms with Gasteiger partial charge in [0.25, 0.3) is 5.91 Å². The predicted octanol–water partition coefficient (Wildman–Crippen LogP) is 3.46. The molecule has 2 N–H and O–H groups in total. The van der Waals surface area contributed by atoms with Crippen LogP contribution in [0.15, 0.2) is 47.5 Å². The molecule has 126 valence electrons. The summed E-state index contributed by atoms with van der Waals surface area (Å²) in [5, 5.41) is 0. The number of alkyl halides is 3. The minimum absolute atomic E-state index is 0.236. The molecule has 0 spiro atoms. The van der Waals surface area contributed by atoms with Crippen molar-refractivity contribution in [1.29, 1.82) is 0 Å². The second-order valence-corrected chi connectivity index (χ2v) is 4.83. The van der Waals surface area contributed by atoms with E-state index in [1.807, 2.05) is 0 Å². The van der Waals surface area contributed by atoms with Gasteiger partial charge in [-0.25, -0.2) is 8.78 Å². The number of carbonyl (C=O) groups is 1. The largest absolute Gasteiger partial charge is 0.417 e. The van der Waals surface area contributed by atoms with Gasteiger partial charge in [-0.2, -0.15) is 18.2 Å². The Morgan fingerprint density at radius 2 is 1.67 bits per heavy atom. The van der Waals surface area contributed by atoms with Crippen LogP contribution in [0.1, 0.15) is 16.7 Å². The first-order valence-corrected chi connectivity index (χ1v) is 6.66. The summed E-state index contributed by atoms with van der Waals surface area (Å²) in [5.74, 6) is -5.24. The van der Waals surface area contributed by atoms with Gasteiger partial charge in [-0.3, -0.25) is 4.79 Å². The summed E-state index contributed by atoms with van der Waals surface area (Å²) >= 11 is 0. The van der Waals surface area contributed by atoms with Crippen LogP contribution in [0.25, 0.3) is 0 Å². The smallest absolute Gasteiger partial charge is 0.383 e. The Morgan fingerprint density at radius 1 is 1.04 bits per heavy atom. The van der Waals surface area contributed by atoms with Crippen molar-refractivity contribution in [3.8, 4) is 0 Å². The predicted molar refractivity (Wildman–Crippen MR) is 77.2 cm³/mol. The molecule has 0 radical (unpaired) electrons. The quantitative estimate of drug-likeness (QED) is 0.528. The summed E-state index contributed by atoms with van der Waals surface area (Å²) in [6, 6.07) is 8.91. The van der Waals surface area contributed by atoms with E-state index in [0.717, 1.165) is 0 Å². The number of hydrogen-bond acceptors (Lipinski definition) is 1. The number of carbonyl (C=O) groups excluding carboxylic acids is 1. The van der Waals surface area contributed by atoms with Gasteiger partial charge in [-0.1, -0.05) is 30.3 Å². The molecule has 1 amide bonds. The zero-order chi connectivity index (χ0) is 17.9. The van der Waals surface area contributed by atoms with Crippen molar-refractivity contribution >= 4 is 11.7 Å². The number of amidine groups is 1. The first kappa shape index (κ1) is 17.6. The highest BCUT2D eigenvalue weighted by atomic mass is 19.4. The fourth-order valence-electron chi connectivity index (χ4n) is 2.04. The number of nitrogens with zero attached hydrogens (tertiary/aromatic N) is 1. The van der Waals surface area contributed by atoms with E-state index in [-0.39, 0.29) is 6.42 Å². The fourth-order valence-corrected chi connectivity index (χ4v) is 2.04. The first-order chi connectivity index (χ1) is 11.2. The van der Waals surface area contributed by atoms with Crippen LogP contribution >= 0.6 is 0 Å². The maximum Gasteiger partial charge on any atom is 0.417 e. The second-order valence-electron chi connectivity index (χ2n) is 4.83. The van der Waals surface area contributed by atoms with Crippen LogP contribution in [-0.2, 0) is 17.4 Å². The number of halogens is 5. The minimum atomic E-state index is -4.98. The number of aliphatic imine (C=N–C) groups is 1. The SMILES string of the molecule is NC(=NC(=O)Cc1ccccc1)c1c(C(F)(F)F)ccc(F)c1F. The van der Waals surface area contributed by atoms with E-state index < -0.39 is 40.7 Å². The van der Waals surface area contributed by atoms with Crippen molar-refractivity contribution < 1.29 is 26.7 Å². The maximum atomic E-state index is 13.8. The molecule has 0 aromatic heterocycles. The number of benzene rings is 2. The molecule has 0 aliphatic rings. The van der Waals surface area contributed by atoms with E-state index >= 15 is 0 Å². The molecule has 2 aromatic carbocycles. The Bertz CT molecular complexity index is 785. The van der Waals surface area contributed by atoms with Crippen LogP contribution in [-0.4, -0.2) is 11.7 Å². The standard InChI is InChI=1S/C16H11F5N2O/c17-11-7-6-10(16(19,20)21)13(14(11)18)15(22)23-12(24)8-9-4-2-1-3-5-9/h1-7H,8H2,(H2,22,23,24). The Kier molecular flexibility index (Phi) is 4.96. The van der Waals surface area contributed by atoms with E-state index in [1.165, 1.54) is 0 Å². The highest BCUT2D eigenvalue weighted by Crippen LogP contribution is 2.33. The summed E-state index contributed by atoms with van der Waals surface area (Å²) < 4.78 is 65.8. The van der Waals surface area contributed by atoms with Crippen molar-refractivity contribution in [3.05, 3.63) is 70.8 Å². The lowest BCUT2D eigenvalue weighted by molar-refractivity contribution is -0.138. The monoisotopic (exact) mass is 342 g/mol. The first-order valence-electron chi connectivity index (χ1n) is 6.66. The van der Waals surface area contributed by atoms with Crippen LogP contribution in [0.4, 0.5) is 22.0 Å². The van der Waals surface area contributed by atoms with E-state index in [0.29, 0.717) is 17.7 Å². The average Bonchev–Trinajstić information content (AvgIpc) is 2.49. The van der Waals surface area contributed by atoms with E-state index in [9.17, 15) is 26.7 Å². The molecule has 3 nitrogen and oxygen atoms in total. The van der Waals surface area contributed by atoms with Gasteiger partial charge in [0.05, 0.1) is 17.5 Å². The second kappa shape index (κ2) is 6.77. The number of amides is 1. The van der Waals surface area contributed by atoms with Crippen molar-refractivity contribution in [3.63, 3.8) is 0 Å². The number of hydrogen-bond donors (Lipinski definition) is 1. The van der Waals surface area contributed by atoms with Crippen LogP contribution < -0.4 is 5.73 Å². The Hall–Kier alpha value is -2.77. The minimum Gasteiger partial charge on any atom is -0.383 e. The zero-order valence-electron chi connectivity index (χ0n) is 12.1. The van der Waals surface area contributed by atoms with Gasteiger partial charge < -0.3 is 5.73 Å². The molecule has 0 aliphatic carbocycles. The van der Waals surface area contributed by atoms with Gasteiger partial charge >= 0.3 is 6.18 Å². The zero-order valence-corrected chi connectivity index (χ0v) is 12.1.